The average molecular weight is 280 g/mol. The first-order valence-electron chi connectivity index (χ1n) is 6.08. The summed E-state index contributed by atoms with van der Waals surface area (Å²) < 4.78 is 27.6. The zero-order valence-corrected chi connectivity index (χ0v) is 11.6. The van der Waals surface area contributed by atoms with Crippen molar-refractivity contribution in [2.75, 3.05) is 0 Å². The molecule has 0 atom stereocenters. The number of aryl methyl sites for hydroxylation is 1. The summed E-state index contributed by atoms with van der Waals surface area (Å²) in [5.41, 5.74) is 1.34. The molecule has 0 saturated heterocycles. The second-order valence-corrected chi connectivity index (χ2v) is 4.73. The zero-order valence-electron chi connectivity index (χ0n) is 10.8. The van der Waals surface area contributed by atoms with Crippen LogP contribution in [0.5, 0.6) is 0 Å². The third-order valence-corrected chi connectivity index (χ3v) is 3.31. The highest BCUT2D eigenvalue weighted by Gasteiger charge is 2.14. The fraction of sp³-hybridized carbons (Fsp3) is 0.286. The van der Waals surface area contributed by atoms with Gasteiger partial charge in [0.2, 0.25) is 0 Å². The maximum atomic E-state index is 13.9. The number of H-pyrrole nitrogens is 1. The van der Waals surface area contributed by atoms with E-state index in [1.807, 2.05) is 6.92 Å². The van der Waals surface area contributed by atoms with Gasteiger partial charge >= 0.3 is 0 Å². The number of nitrogens with zero attached hydrogens (tertiary/aromatic N) is 1. The quantitative estimate of drug-likeness (QED) is 0.847. The topological polar surface area (TPSA) is 28.7 Å². The summed E-state index contributed by atoms with van der Waals surface area (Å²) in [7, 11) is 0. The Hall–Kier alpha value is -1.62. The second-order valence-electron chi connectivity index (χ2n) is 4.34. The highest BCUT2D eigenvalue weighted by Crippen LogP contribution is 2.26. The standard InChI is InChI=1S/C14H14F2N2S/c1-3-5-11-17-13(8(2)14(19)18-11)9-6-4-7-10(15)12(9)16/h4,6-7H,3,5H2,1-2H3,(H,17,18,19). The fourth-order valence-corrected chi connectivity index (χ4v) is 2.11. The number of hydrogen-bond donors (Lipinski definition) is 1. The molecule has 2 aromatic rings. The molecule has 0 aliphatic carbocycles. The fourth-order valence-electron chi connectivity index (χ4n) is 1.90. The molecule has 5 heteroatoms. The van der Waals surface area contributed by atoms with Crippen LogP contribution in [0.15, 0.2) is 18.2 Å². The summed E-state index contributed by atoms with van der Waals surface area (Å²) in [6.07, 6.45) is 1.61. The summed E-state index contributed by atoms with van der Waals surface area (Å²) in [5, 5.41) is 0. The van der Waals surface area contributed by atoms with Crippen molar-refractivity contribution in [3.63, 3.8) is 0 Å². The summed E-state index contributed by atoms with van der Waals surface area (Å²) in [4.78, 5) is 7.30. The maximum absolute atomic E-state index is 13.9. The number of nitrogens with one attached hydrogen (secondary N) is 1. The maximum Gasteiger partial charge on any atom is 0.168 e. The van der Waals surface area contributed by atoms with Gasteiger partial charge < -0.3 is 4.98 Å². The average Bonchev–Trinajstić information content (AvgIpc) is 2.37. The van der Waals surface area contributed by atoms with Gasteiger partial charge in [0.1, 0.15) is 10.5 Å². The van der Waals surface area contributed by atoms with Gasteiger partial charge in [0.05, 0.1) is 5.69 Å². The molecule has 19 heavy (non-hydrogen) atoms. The molecule has 0 spiro atoms. The van der Waals surface area contributed by atoms with Gasteiger partial charge in [-0.3, -0.25) is 0 Å². The lowest BCUT2D eigenvalue weighted by atomic mass is 10.1. The first-order valence-corrected chi connectivity index (χ1v) is 6.49. The van der Waals surface area contributed by atoms with E-state index in [2.05, 4.69) is 9.97 Å². The van der Waals surface area contributed by atoms with Crippen LogP contribution in [-0.2, 0) is 6.42 Å². The van der Waals surface area contributed by atoms with Gasteiger partial charge in [-0.25, -0.2) is 13.8 Å². The Morgan fingerprint density at radius 2 is 2.05 bits per heavy atom. The van der Waals surface area contributed by atoms with Gasteiger partial charge in [-0.15, -0.1) is 0 Å². The molecule has 0 aliphatic heterocycles. The van der Waals surface area contributed by atoms with Crippen molar-refractivity contribution in [1.29, 1.82) is 0 Å². The van der Waals surface area contributed by atoms with Crippen LogP contribution in [0.1, 0.15) is 24.7 Å². The second kappa shape index (κ2) is 5.57. The molecular weight excluding hydrogens is 266 g/mol. The molecule has 0 fully saturated rings. The summed E-state index contributed by atoms with van der Waals surface area (Å²) in [6, 6.07) is 4.10. The molecule has 0 radical (unpaired) electrons. The van der Waals surface area contributed by atoms with E-state index < -0.39 is 11.6 Å². The molecule has 2 rings (SSSR count). The van der Waals surface area contributed by atoms with Gasteiger partial charge in [0.25, 0.3) is 0 Å². The minimum atomic E-state index is -0.870. The smallest absolute Gasteiger partial charge is 0.168 e. The van der Waals surface area contributed by atoms with E-state index in [9.17, 15) is 8.78 Å². The number of aromatic nitrogens is 2. The number of aromatic amines is 1. The van der Waals surface area contributed by atoms with E-state index in [0.717, 1.165) is 12.5 Å². The summed E-state index contributed by atoms with van der Waals surface area (Å²) in [5.74, 6) is -1.05. The van der Waals surface area contributed by atoms with Gasteiger partial charge in [-0.1, -0.05) is 25.2 Å². The van der Waals surface area contributed by atoms with E-state index in [-0.39, 0.29) is 5.56 Å². The third kappa shape index (κ3) is 2.71. The lowest BCUT2D eigenvalue weighted by Gasteiger charge is -2.10. The van der Waals surface area contributed by atoms with E-state index in [4.69, 9.17) is 12.2 Å². The zero-order chi connectivity index (χ0) is 14.0. The molecule has 0 aliphatic rings. The Bertz CT molecular complexity index is 665. The number of halogens is 2. The van der Waals surface area contributed by atoms with Crippen molar-refractivity contribution in [3.8, 4) is 11.3 Å². The SMILES string of the molecule is CCCc1nc(=S)c(C)c(-c2cccc(F)c2F)[nH]1. The van der Waals surface area contributed by atoms with Gasteiger partial charge in [-0.05, 0) is 25.5 Å². The molecule has 1 aromatic heterocycles. The van der Waals surface area contributed by atoms with Crippen LogP contribution in [0.3, 0.4) is 0 Å². The third-order valence-electron chi connectivity index (χ3n) is 2.91. The number of hydrogen-bond acceptors (Lipinski definition) is 2. The van der Waals surface area contributed by atoms with Crippen molar-refractivity contribution >= 4 is 12.2 Å². The van der Waals surface area contributed by atoms with Gasteiger partial charge in [0.15, 0.2) is 11.6 Å². The molecule has 2 nitrogen and oxygen atoms in total. The molecule has 100 valence electrons. The van der Waals surface area contributed by atoms with Crippen molar-refractivity contribution in [3.05, 3.63) is 45.9 Å². The van der Waals surface area contributed by atoms with Crippen LogP contribution in [0.25, 0.3) is 11.3 Å². The summed E-state index contributed by atoms with van der Waals surface area (Å²) >= 11 is 5.17. The largest absolute Gasteiger partial charge is 0.343 e. The first-order chi connectivity index (χ1) is 9.04. The predicted molar refractivity (Wildman–Crippen MR) is 73.5 cm³/mol. The van der Waals surface area contributed by atoms with Crippen molar-refractivity contribution in [2.24, 2.45) is 0 Å². The molecule has 0 unspecified atom stereocenters. The van der Waals surface area contributed by atoms with E-state index in [1.165, 1.54) is 12.1 Å². The first kappa shape index (κ1) is 13.8. The minimum absolute atomic E-state index is 0.184. The van der Waals surface area contributed by atoms with Crippen LogP contribution in [0.4, 0.5) is 8.78 Å². The van der Waals surface area contributed by atoms with Crippen LogP contribution < -0.4 is 0 Å². The number of rotatable bonds is 3. The highest BCUT2D eigenvalue weighted by atomic mass is 32.1. The Kier molecular flexibility index (Phi) is 4.04. The van der Waals surface area contributed by atoms with Crippen LogP contribution in [0.2, 0.25) is 0 Å². The lowest BCUT2D eigenvalue weighted by molar-refractivity contribution is 0.510. The van der Waals surface area contributed by atoms with E-state index in [0.29, 0.717) is 28.1 Å². The van der Waals surface area contributed by atoms with Crippen molar-refractivity contribution in [1.82, 2.24) is 9.97 Å². The van der Waals surface area contributed by atoms with E-state index in [1.54, 1.807) is 6.92 Å². The van der Waals surface area contributed by atoms with Crippen LogP contribution >= 0.6 is 12.2 Å². The van der Waals surface area contributed by atoms with Crippen molar-refractivity contribution in [2.45, 2.75) is 26.7 Å². The van der Waals surface area contributed by atoms with Crippen molar-refractivity contribution < 1.29 is 8.78 Å². The molecule has 1 aromatic carbocycles. The molecule has 1 N–H and O–H groups in total. The number of benzene rings is 1. The Morgan fingerprint density at radius 1 is 1.32 bits per heavy atom. The van der Waals surface area contributed by atoms with Gasteiger partial charge in [0, 0.05) is 17.5 Å². The predicted octanol–water partition coefficient (Wildman–Crippen LogP) is 4.35. The van der Waals surface area contributed by atoms with Crippen LogP contribution in [-0.4, -0.2) is 9.97 Å². The monoisotopic (exact) mass is 280 g/mol. The molecule has 0 amide bonds. The molecular formula is C14H14F2N2S. The Balaban J connectivity index is 2.67. The van der Waals surface area contributed by atoms with Crippen LogP contribution in [0, 0.1) is 23.2 Å². The molecule has 0 bridgehead atoms. The highest BCUT2D eigenvalue weighted by molar-refractivity contribution is 7.71. The Labute approximate surface area is 115 Å². The minimum Gasteiger partial charge on any atom is -0.343 e. The van der Waals surface area contributed by atoms with Gasteiger partial charge in [-0.2, -0.15) is 0 Å². The normalized spacial score (nSPS) is 10.7. The van der Waals surface area contributed by atoms with E-state index >= 15 is 0 Å². The lowest BCUT2D eigenvalue weighted by Crippen LogP contribution is -2.02. The summed E-state index contributed by atoms with van der Waals surface area (Å²) in [6.45, 7) is 3.77. The Morgan fingerprint density at radius 3 is 2.74 bits per heavy atom. The molecule has 1 heterocycles. The molecule has 0 saturated carbocycles.